The summed E-state index contributed by atoms with van der Waals surface area (Å²) in [6.45, 7) is 0.908. The number of nitro groups is 1. The summed E-state index contributed by atoms with van der Waals surface area (Å²) in [5.41, 5.74) is 0.879. The second kappa shape index (κ2) is 6.41. The molecular weight excluding hydrogens is 244 g/mol. The van der Waals surface area contributed by atoms with Crippen LogP contribution in [0, 0.1) is 16.0 Å². The topological polar surface area (TPSA) is 64.4 Å². The summed E-state index contributed by atoms with van der Waals surface area (Å²) >= 11 is 0. The largest absolute Gasteiger partial charge is 0.490 e. The van der Waals surface area contributed by atoms with Gasteiger partial charge in [-0.05, 0) is 18.4 Å². The van der Waals surface area contributed by atoms with Gasteiger partial charge in [-0.1, -0.05) is 25.7 Å². The number of benzene rings is 1. The van der Waals surface area contributed by atoms with E-state index in [2.05, 4.69) is 5.32 Å². The second-order valence-corrected chi connectivity index (χ2v) is 5.01. The number of anilines is 1. The SMILES string of the molecule is COc1cc(NCCC2CCCC2)ccc1[N+](=O)[O-]. The lowest BCUT2D eigenvalue weighted by Crippen LogP contribution is -2.07. The minimum absolute atomic E-state index is 0.00356. The second-order valence-electron chi connectivity index (χ2n) is 5.01. The van der Waals surface area contributed by atoms with Crippen molar-refractivity contribution >= 4 is 11.4 Å². The number of hydrogen-bond donors (Lipinski definition) is 1. The molecule has 1 aliphatic rings. The van der Waals surface area contributed by atoms with Gasteiger partial charge in [0.25, 0.3) is 0 Å². The number of ether oxygens (including phenoxy) is 1. The smallest absolute Gasteiger partial charge is 0.311 e. The molecule has 0 bridgehead atoms. The van der Waals surface area contributed by atoms with E-state index in [9.17, 15) is 10.1 Å². The minimum atomic E-state index is -0.429. The first-order chi connectivity index (χ1) is 9.20. The van der Waals surface area contributed by atoms with Gasteiger partial charge in [0.15, 0.2) is 5.75 Å². The van der Waals surface area contributed by atoms with Crippen LogP contribution in [-0.2, 0) is 0 Å². The first kappa shape index (κ1) is 13.6. The highest BCUT2D eigenvalue weighted by atomic mass is 16.6. The van der Waals surface area contributed by atoms with Crippen molar-refractivity contribution in [3.8, 4) is 5.75 Å². The molecule has 0 heterocycles. The van der Waals surface area contributed by atoms with Crippen molar-refractivity contribution in [2.75, 3.05) is 19.0 Å². The molecule has 0 aromatic heterocycles. The van der Waals surface area contributed by atoms with Crippen LogP contribution in [0.4, 0.5) is 11.4 Å². The molecular formula is C14H20N2O3. The summed E-state index contributed by atoms with van der Waals surface area (Å²) in [6.07, 6.45) is 6.56. The molecule has 0 unspecified atom stereocenters. The van der Waals surface area contributed by atoms with Gasteiger partial charge in [-0.25, -0.2) is 0 Å². The van der Waals surface area contributed by atoms with E-state index in [4.69, 9.17) is 4.74 Å². The molecule has 1 N–H and O–H groups in total. The van der Waals surface area contributed by atoms with E-state index in [0.717, 1.165) is 18.2 Å². The molecule has 0 saturated heterocycles. The van der Waals surface area contributed by atoms with Crippen LogP contribution in [0.2, 0.25) is 0 Å². The van der Waals surface area contributed by atoms with Gasteiger partial charge < -0.3 is 10.1 Å². The lowest BCUT2D eigenvalue weighted by atomic mass is 10.0. The van der Waals surface area contributed by atoms with E-state index in [1.165, 1.54) is 45.3 Å². The molecule has 5 nitrogen and oxygen atoms in total. The number of methoxy groups -OCH3 is 1. The summed E-state index contributed by atoms with van der Waals surface area (Å²) in [5.74, 6) is 1.14. The Hall–Kier alpha value is -1.78. The quantitative estimate of drug-likeness (QED) is 0.630. The molecule has 0 spiro atoms. The maximum absolute atomic E-state index is 10.8. The Morgan fingerprint density at radius 1 is 1.42 bits per heavy atom. The van der Waals surface area contributed by atoms with Gasteiger partial charge in [0, 0.05) is 24.4 Å². The van der Waals surface area contributed by atoms with Gasteiger partial charge in [-0.15, -0.1) is 0 Å². The fraction of sp³-hybridized carbons (Fsp3) is 0.571. The van der Waals surface area contributed by atoms with Crippen molar-refractivity contribution in [2.24, 2.45) is 5.92 Å². The number of nitro benzene ring substituents is 1. The van der Waals surface area contributed by atoms with Gasteiger partial charge in [-0.3, -0.25) is 10.1 Å². The van der Waals surface area contributed by atoms with Gasteiger partial charge in [0.05, 0.1) is 12.0 Å². The van der Waals surface area contributed by atoms with Crippen LogP contribution >= 0.6 is 0 Å². The molecule has 1 fully saturated rings. The highest BCUT2D eigenvalue weighted by molar-refractivity contribution is 5.57. The lowest BCUT2D eigenvalue weighted by molar-refractivity contribution is -0.385. The van der Waals surface area contributed by atoms with Crippen LogP contribution in [0.25, 0.3) is 0 Å². The van der Waals surface area contributed by atoms with Crippen LogP contribution in [-0.4, -0.2) is 18.6 Å². The predicted molar refractivity (Wildman–Crippen MR) is 74.7 cm³/mol. The Kier molecular flexibility index (Phi) is 4.60. The molecule has 5 heteroatoms. The predicted octanol–water partition coefficient (Wildman–Crippen LogP) is 3.60. The molecule has 1 aromatic rings. The molecule has 0 aliphatic heterocycles. The Balaban J connectivity index is 1.91. The van der Waals surface area contributed by atoms with E-state index in [1.807, 2.05) is 0 Å². The third-order valence-electron chi connectivity index (χ3n) is 3.73. The normalized spacial score (nSPS) is 15.4. The zero-order valence-corrected chi connectivity index (χ0v) is 11.2. The van der Waals surface area contributed by atoms with Crippen molar-refractivity contribution < 1.29 is 9.66 Å². The van der Waals surface area contributed by atoms with Crippen LogP contribution in [0.3, 0.4) is 0 Å². The Labute approximate surface area is 113 Å². The van der Waals surface area contributed by atoms with Crippen molar-refractivity contribution in [2.45, 2.75) is 32.1 Å². The summed E-state index contributed by atoms with van der Waals surface area (Å²) in [4.78, 5) is 10.4. The Bertz CT molecular complexity index is 442. The standard InChI is InChI=1S/C14H20N2O3/c1-19-14-10-12(6-7-13(14)16(17)18)15-9-8-11-4-2-3-5-11/h6-7,10-11,15H,2-5,8-9H2,1H3. The molecule has 19 heavy (non-hydrogen) atoms. The molecule has 1 aliphatic carbocycles. The van der Waals surface area contributed by atoms with Crippen LogP contribution in [0.1, 0.15) is 32.1 Å². The van der Waals surface area contributed by atoms with Gasteiger partial charge in [0.2, 0.25) is 0 Å². The Morgan fingerprint density at radius 3 is 2.79 bits per heavy atom. The maximum atomic E-state index is 10.8. The highest BCUT2D eigenvalue weighted by Gasteiger charge is 2.16. The molecule has 104 valence electrons. The van der Waals surface area contributed by atoms with Crippen molar-refractivity contribution in [1.82, 2.24) is 0 Å². The van der Waals surface area contributed by atoms with Crippen molar-refractivity contribution in [3.05, 3.63) is 28.3 Å². The third kappa shape index (κ3) is 3.59. The summed E-state index contributed by atoms with van der Waals surface area (Å²) in [7, 11) is 1.45. The first-order valence-electron chi connectivity index (χ1n) is 6.77. The van der Waals surface area contributed by atoms with Crippen LogP contribution in [0.5, 0.6) is 5.75 Å². The molecule has 0 amide bonds. The fourth-order valence-electron chi connectivity index (χ4n) is 2.66. The van der Waals surface area contributed by atoms with E-state index >= 15 is 0 Å². The minimum Gasteiger partial charge on any atom is -0.490 e. The molecule has 0 atom stereocenters. The first-order valence-corrected chi connectivity index (χ1v) is 6.77. The average Bonchev–Trinajstić information content (AvgIpc) is 2.91. The van der Waals surface area contributed by atoms with Gasteiger partial charge in [0.1, 0.15) is 0 Å². The molecule has 1 aromatic carbocycles. The third-order valence-corrected chi connectivity index (χ3v) is 3.73. The number of hydrogen-bond acceptors (Lipinski definition) is 4. The lowest BCUT2D eigenvalue weighted by Gasteiger charge is -2.11. The monoisotopic (exact) mass is 264 g/mol. The summed E-state index contributed by atoms with van der Waals surface area (Å²) < 4.78 is 5.05. The molecule has 2 rings (SSSR count). The molecule has 0 radical (unpaired) electrons. The number of rotatable bonds is 6. The average molecular weight is 264 g/mol. The van der Waals surface area contributed by atoms with Crippen molar-refractivity contribution in [1.29, 1.82) is 0 Å². The van der Waals surface area contributed by atoms with Crippen LogP contribution < -0.4 is 10.1 Å². The van der Waals surface area contributed by atoms with Gasteiger partial charge >= 0.3 is 5.69 Å². The van der Waals surface area contributed by atoms with Crippen molar-refractivity contribution in [3.63, 3.8) is 0 Å². The zero-order valence-electron chi connectivity index (χ0n) is 11.2. The van der Waals surface area contributed by atoms with E-state index in [0.29, 0.717) is 5.75 Å². The Morgan fingerprint density at radius 2 is 2.16 bits per heavy atom. The van der Waals surface area contributed by atoms with E-state index < -0.39 is 4.92 Å². The number of nitrogens with zero attached hydrogens (tertiary/aromatic N) is 1. The fourth-order valence-corrected chi connectivity index (χ4v) is 2.66. The zero-order chi connectivity index (χ0) is 13.7. The summed E-state index contributed by atoms with van der Waals surface area (Å²) in [6, 6.07) is 4.90. The number of nitrogens with one attached hydrogen (secondary N) is 1. The summed E-state index contributed by atoms with van der Waals surface area (Å²) in [5, 5.41) is 14.1. The molecule has 1 saturated carbocycles. The van der Waals surface area contributed by atoms with E-state index in [1.54, 1.807) is 12.1 Å². The van der Waals surface area contributed by atoms with E-state index in [-0.39, 0.29) is 5.69 Å². The van der Waals surface area contributed by atoms with Gasteiger partial charge in [-0.2, -0.15) is 0 Å². The maximum Gasteiger partial charge on any atom is 0.311 e. The highest BCUT2D eigenvalue weighted by Crippen LogP contribution is 2.30. The van der Waals surface area contributed by atoms with Crippen LogP contribution in [0.15, 0.2) is 18.2 Å².